The Morgan fingerprint density at radius 1 is 1.30 bits per heavy atom. The van der Waals surface area contributed by atoms with Gasteiger partial charge in [-0.1, -0.05) is 17.7 Å². The summed E-state index contributed by atoms with van der Waals surface area (Å²) < 4.78 is 5.04. The quantitative estimate of drug-likeness (QED) is 0.797. The molecule has 0 unspecified atom stereocenters. The van der Waals surface area contributed by atoms with Gasteiger partial charge in [-0.2, -0.15) is 0 Å². The number of thiazole rings is 1. The van der Waals surface area contributed by atoms with Crippen LogP contribution in [0.15, 0.2) is 29.8 Å². The first kappa shape index (κ1) is 20.9. The number of aromatic carboxylic acids is 1. The van der Waals surface area contributed by atoms with Gasteiger partial charge in [0.2, 0.25) is 0 Å². The minimum Gasteiger partial charge on any atom is -0.478 e. The van der Waals surface area contributed by atoms with Gasteiger partial charge in [-0.3, -0.25) is 4.79 Å². The fourth-order valence-corrected chi connectivity index (χ4v) is 3.69. The maximum Gasteiger partial charge on any atom is 0.335 e. The number of nitrogens with zero attached hydrogens (tertiary/aromatic N) is 2. The predicted octanol–water partition coefficient (Wildman–Crippen LogP) is 3.92. The van der Waals surface area contributed by atoms with Crippen LogP contribution in [0.3, 0.4) is 0 Å². The summed E-state index contributed by atoms with van der Waals surface area (Å²) in [5.41, 5.74) is 2.29. The van der Waals surface area contributed by atoms with Gasteiger partial charge in [0.15, 0.2) is 5.13 Å². The van der Waals surface area contributed by atoms with E-state index in [2.05, 4.69) is 9.88 Å². The van der Waals surface area contributed by atoms with Crippen molar-refractivity contribution < 1.29 is 19.4 Å². The molecule has 1 saturated heterocycles. The molecule has 0 atom stereocenters. The molecule has 1 fully saturated rings. The number of hydrogen-bond acceptors (Lipinski definition) is 6. The molecule has 146 valence electrons. The van der Waals surface area contributed by atoms with Crippen LogP contribution in [0.1, 0.15) is 41.3 Å². The molecular weight excluding hydrogens is 364 g/mol. The van der Waals surface area contributed by atoms with Gasteiger partial charge < -0.3 is 14.7 Å². The highest BCUT2D eigenvalue weighted by Crippen LogP contribution is 2.25. The van der Waals surface area contributed by atoms with E-state index in [0.29, 0.717) is 12.2 Å². The average Bonchev–Trinajstić information content (AvgIpc) is 3.17. The summed E-state index contributed by atoms with van der Waals surface area (Å²) in [6.07, 6.45) is 3.56. The van der Waals surface area contributed by atoms with Crippen LogP contribution in [-0.2, 0) is 9.53 Å². The summed E-state index contributed by atoms with van der Waals surface area (Å²) in [7, 11) is 0. The summed E-state index contributed by atoms with van der Waals surface area (Å²) >= 11 is 1.65. The zero-order chi connectivity index (χ0) is 19.8. The Bertz CT molecular complexity index is 753. The molecule has 2 aromatic rings. The first-order valence-electron chi connectivity index (χ1n) is 9.04. The number of esters is 1. The number of carboxylic acid groups (broad SMARTS) is 1. The van der Waals surface area contributed by atoms with Crippen molar-refractivity contribution in [3.63, 3.8) is 0 Å². The second kappa shape index (κ2) is 10.1. The van der Waals surface area contributed by atoms with Crippen LogP contribution in [0, 0.1) is 19.8 Å². The first-order chi connectivity index (χ1) is 12.9. The molecule has 0 radical (unpaired) electrons. The smallest absolute Gasteiger partial charge is 0.335 e. The second-order valence-corrected chi connectivity index (χ2v) is 7.32. The molecule has 0 saturated carbocycles. The van der Waals surface area contributed by atoms with Gasteiger partial charge in [-0.25, -0.2) is 9.78 Å². The minimum absolute atomic E-state index is 0.0405. The van der Waals surface area contributed by atoms with Crippen molar-refractivity contribution in [1.29, 1.82) is 0 Å². The van der Waals surface area contributed by atoms with Gasteiger partial charge in [-0.15, -0.1) is 11.3 Å². The number of aromatic nitrogens is 1. The Balaban J connectivity index is 0.000000208. The lowest BCUT2D eigenvalue weighted by Crippen LogP contribution is -2.36. The molecule has 1 aliphatic rings. The molecule has 2 heterocycles. The largest absolute Gasteiger partial charge is 0.478 e. The molecule has 0 amide bonds. The van der Waals surface area contributed by atoms with Crippen molar-refractivity contribution in [2.24, 2.45) is 5.92 Å². The molecule has 0 aliphatic carbocycles. The lowest BCUT2D eigenvalue weighted by atomic mass is 9.97. The molecule has 1 N–H and O–H groups in total. The Kier molecular flexibility index (Phi) is 7.79. The maximum absolute atomic E-state index is 11.5. The molecular formula is C20H26N2O4S. The highest BCUT2D eigenvalue weighted by Gasteiger charge is 2.26. The van der Waals surface area contributed by atoms with Crippen LogP contribution >= 0.6 is 11.3 Å². The number of aryl methyl sites for hydroxylation is 2. The van der Waals surface area contributed by atoms with E-state index in [9.17, 15) is 9.59 Å². The number of anilines is 1. The zero-order valence-electron chi connectivity index (χ0n) is 16.0. The van der Waals surface area contributed by atoms with Crippen molar-refractivity contribution in [3.8, 4) is 0 Å². The number of carboxylic acids is 1. The monoisotopic (exact) mass is 390 g/mol. The van der Waals surface area contributed by atoms with Crippen LogP contribution in [0.25, 0.3) is 0 Å². The van der Waals surface area contributed by atoms with E-state index in [1.54, 1.807) is 30.4 Å². The molecule has 0 bridgehead atoms. The Hall–Kier alpha value is -2.41. The molecule has 3 rings (SSSR count). The third-order valence-corrected chi connectivity index (χ3v) is 5.25. The predicted molar refractivity (Wildman–Crippen MR) is 107 cm³/mol. The normalized spacial score (nSPS) is 14.3. The van der Waals surface area contributed by atoms with Crippen molar-refractivity contribution in [2.75, 3.05) is 24.6 Å². The highest BCUT2D eigenvalue weighted by molar-refractivity contribution is 7.13. The van der Waals surface area contributed by atoms with E-state index in [4.69, 9.17) is 9.84 Å². The van der Waals surface area contributed by atoms with Crippen LogP contribution in [0.4, 0.5) is 5.13 Å². The fourth-order valence-electron chi connectivity index (χ4n) is 2.99. The number of rotatable bonds is 4. The van der Waals surface area contributed by atoms with E-state index in [-0.39, 0.29) is 11.9 Å². The summed E-state index contributed by atoms with van der Waals surface area (Å²) in [6, 6.07) is 5.30. The summed E-state index contributed by atoms with van der Waals surface area (Å²) in [5.74, 6) is -0.819. The summed E-state index contributed by atoms with van der Waals surface area (Å²) in [4.78, 5) is 28.6. The van der Waals surface area contributed by atoms with Gasteiger partial charge in [0.1, 0.15) is 0 Å². The number of piperidine rings is 1. The Morgan fingerprint density at radius 2 is 2.00 bits per heavy atom. The van der Waals surface area contributed by atoms with E-state index in [1.165, 1.54) is 0 Å². The molecule has 6 nitrogen and oxygen atoms in total. The van der Waals surface area contributed by atoms with Gasteiger partial charge >= 0.3 is 11.9 Å². The minimum atomic E-state index is -0.859. The Morgan fingerprint density at radius 3 is 2.52 bits per heavy atom. The molecule has 7 heteroatoms. The van der Waals surface area contributed by atoms with Gasteiger partial charge in [-0.05, 0) is 45.2 Å². The van der Waals surface area contributed by atoms with Crippen molar-refractivity contribution in [2.45, 2.75) is 33.6 Å². The maximum atomic E-state index is 11.5. The Labute approximate surface area is 163 Å². The lowest BCUT2D eigenvalue weighted by Gasteiger charge is -2.30. The van der Waals surface area contributed by atoms with Gasteiger partial charge in [0, 0.05) is 24.7 Å². The number of ether oxygens (including phenoxy) is 1. The number of carbonyl (C=O) groups is 2. The molecule has 1 aliphatic heterocycles. The average molecular weight is 391 g/mol. The molecule has 1 aromatic heterocycles. The fraction of sp³-hybridized carbons (Fsp3) is 0.450. The molecule has 27 heavy (non-hydrogen) atoms. The number of hydrogen-bond donors (Lipinski definition) is 1. The van der Waals surface area contributed by atoms with Crippen LogP contribution in [0.2, 0.25) is 0 Å². The third kappa shape index (κ3) is 6.06. The van der Waals surface area contributed by atoms with E-state index >= 15 is 0 Å². The standard InChI is InChI=1S/C11H16N2O2S.C9H10O2/c1-2-15-10(14)9-3-6-13(7-4-9)11-12-5-8-16-11;1-6-3-4-8(9(10)11)7(2)5-6/h5,8-9H,2-4,6-7H2,1H3;3-5H,1-2H3,(H,10,11). The van der Waals surface area contributed by atoms with Gasteiger partial charge in [0.05, 0.1) is 18.1 Å². The van der Waals surface area contributed by atoms with E-state index < -0.39 is 5.97 Å². The van der Waals surface area contributed by atoms with Gasteiger partial charge in [0.25, 0.3) is 0 Å². The van der Waals surface area contributed by atoms with Crippen LogP contribution < -0.4 is 4.90 Å². The van der Waals surface area contributed by atoms with Crippen molar-refractivity contribution in [3.05, 3.63) is 46.5 Å². The van der Waals surface area contributed by atoms with Crippen LogP contribution in [0.5, 0.6) is 0 Å². The van der Waals surface area contributed by atoms with Crippen molar-refractivity contribution >= 4 is 28.4 Å². The van der Waals surface area contributed by atoms with Crippen LogP contribution in [-0.4, -0.2) is 41.7 Å². The van der Waals surface area contributed by atoms with E-state index in [1.807, 2.05) is 31.5 Å². The SMILES string of the molecule is CCOC(=O)C1CCN(c2nccs2)CC1.Cc1ccc(C(=O)O)c(C)c1. The summed E-state index contributed by atoms with van der Waals surface area (Å²) in [6.45, 7) is 7.87. The molecule has 0 spiro atoms. The summed E-state index contributed by atoms with van der Waals surface area (Å²) in [5, 5.41) is 11.7. The first-order valence-corrected chi connectivity index (χ1v) is 9.92. The molecule has 1 aromatic carbocycles. The van der Waals surface area contributed by atoms with E-state index in [0.717, 1.165) is 42.2 Å². The topological polar surface area (TPSA) is 79.7 Å². The number of carbonyl (C=O) groups excluding carboxylic acids is 1. The van der Waals surface area contributed by atoms with Crippen molar-refractivity contribution in [1.82, 2.24) is 4.98 Å². The zero-order valence-corrected chi connectivity index (χ0v) is 16.8. The number of benzene rings is 1. The lowest BCUT2D eigenvalue weighted by molar-refractivity contribution is -0.148. The highest BCUT2D eigenvalue weighted by atomic mass is 32.1. The third-order valence-electron chi connectivity index (χ3n) is 4.42. The second-order valence-electron chi connectivity index (χ2n) is 6.45.